The summed E-state index contributed by atoms with van der Waals surface area (Å²) in [7, 11) is 7.84. The van der Waals surface area contributed by atoms with Crippen molar-refractivity contribution in [1.82, 2.24) is 47.4 Å². The van der Waals surface area contributed by atoms with Gasteiger partial charge < -0.3 is 57.1 Å². The third-order valence-corrected chi connectivity index (χ3v) is 22.8. The van der Waals surface area contributed by atoms with Gasteiger partial charge in [-0.1, -0.05) is 89.0 Å². The lowest BCUT2D eigenvalue weighted by molar-refractivity contribution is -0.143. The van der Waals surface area contributed by atoms with Gasteiger partial charge in [-0.2, -0.15) is 12.6 Å². The minimum atomic E-state index is -1.58. The number of ketones is 4. The van der Waals surface area contributed by atoms with Gasteiger partial charge in [-0.25, -0.2) is 0 Å². The van der Waals surface area contributed by atoms with E-state index in [9.17, 15) is 58.8 Å². The highest BCUT2D eigenvalue weighted by Crippen LogP contribution is 2.33. The van der Waals surface area contributed by atoms with E-state index in [1.165, 1.54) is 53.8 Å². The fraction of sp³-hybridized carbons (Fsp3) is 0.589. The molecule has 0 radical (unpaired) electrons. The topological polar surface area (TPSA) is 403 Å². The molecular weight excluding hydrogens is 1290 g/mol. The van der Waals surface area contributed by atoms with Crippen molar-refractivity contribution in [2.24, 2.45) is 11.7 Å². The number of nitrogens with two attached hydrogens (primary N) is 1. The van der Waals surface area contributed by atoms with Crippen LogP contribution in [-0.2, 0) is 70.3 Å². The number of ether oxygens (including phenoxy) is 1. The number of carboxylic acids is 1. The number of phenolic OH excluding ortho intramolecular Hbond substituents is 2. The number of primary amides is 1. The maximum atomic E-state index is 16.1. The maximum absolute atomic E-state index is 16.1. The zero-order valence-corrected chi connectivity index (χ0v) is 54.9. The van der Waals surface area contributed by atoms with Crippen LogP contribution < -0.4 is 48.3 Å². The number of nitrogens with zero attached hydrogens (tertiary/aromatic N) is 1. The van der Waals surface area contributed by atoms with Gasteiger partial charge in [0.15, 0.2) is 23.1 Å². The monoisotopic (exact) mass is 1370 g/mol. The Morgan fingerprint density at radius 3 is 2.04 bits per heavy atom. The first-order valence-corrected chi connectivity index (χ1v) is 36.8. The molecule has 0 spiro atoms. The highest BCUT2D eigenvalue weighted by Gasteiger charge is 2.44. The zero-order chi connectivity index (χ0) is 64.9. The van der Waals surface area contributed by atoms with Crippen molar-refractivity contribution in [3.05, 3.63) is 59.7 Å². The van der Waals surface area contributed by atoms with Crippen LogP contribution in [0.1, 0.15) is 57.1 Å². The van der Waals surface area contributed by atoms with E-state index < -0.39 is 163 Å². The van der Waals surface area contributed by atoms with Crippen LogP contribution in [0.4, 0.5) is 0 Å². The van der Waals surface area contributed by atoms with Crippen molar-refractivity contribution in [2.75, 3.05) is 60.5 Å². The Morgan fingerprint density at radius 1 is 0.753 bits per heavy atom. The summed E-state index contributed by atoms with van der Waals surface area (Å²) in [6.07, 6.45) is -3.76. The van der Waals surface area contributed by atoms with Gasteiger partial charge in [-0.05, 0) is 81.3 Å². The number of benzene rings is 2. The molecule has 2 aromatic rings. The Bertz CT molecular complexity index is 2820. The predicted octanol–water partition coefficient (Wildman–Crippen LogP) is -0.496. The molecule has 5 saturated heterocycles. The first-order valence-electron chi connectivity index (χ1n) is 28.7. The number of aromatic hydroxyl groups is 2. The van der Waals surface area contributed by atoms with Crippen molar-refractivity contribution >= 4 is 142 Å². The quantitative estimate of drug-likeness (QED) is 0.0644. The fourth-order valence-corrected chi connectivity index (χ4v) is 17.9. The molecule has 4 bridgehead atoms. The van der Waals surface area contributed by atoms with Crippen LogP contribution in [-0.4, -0.2) is 229 Å². The van der Waals surface area contributed by atoms with E-state index in [0.29, 0.717) is 17.5 Å². The van der Waals surface area contributed by atoms with E-state index in [2.05, 4.69) is 55.2 Å². The second-order valence-electron chi connectivity index (χ2n) is 21.8. The lowest BCUT2D eigenvalue weighted by Crippen LogP contribution is -2.61. The number of rotatable bonds is 14. The summed E-state index contributed by atoms with van der Waals surface area (Å²) in [5, 5.41) is 65.6. The fourth-order valence-electron chi connectivity index (χ4n) is 10.4. The van der Waals surface area contributed by atoms with Crippen LogP contribution >= 0.6 is 77.4 Å². The van der Waals surface area contributed by atoms with E-state index in [0.717, 1.165) is 61.1 Å². The molecule has 5 fully saturated rings. The largest absolute Gasteiger partial charge is 0.508 e. The Morgan fingerprint density at radius 2 is 1.39 bits per heavy atom. The summed E-state index contributed by atoms with van der Waals surface area (Å²) in [4.78, 5) is 159. The predicted molar refractivity (Wildman–Crippen MR) is 347 cm³/mol. The number of aliphatic hydroxyl groups excluding tert-OH is 1. The third kappa shape index (κ3) is 22.5. The number of fused-ring (bicyclic) bond motifs is 14. The van der Waals surface area contributed by atoms with Crippen molar-refractivity contribution in [3.63, 3.8) is 0 Å². The molecule has 33 heteroatoms. The minimum Gasteiger partial charge on any atom is -0.508 e. The van der Waals surface area contributed by atoms with Gasteiger partial charge in [0.1, 0.15) is 29.6 Å². The molecule has 5 aliphatic rings. The molecule has 0 saturated carbocycles. The molecule has 5 aliphatic heterocycles. The number of hydrogen-bond donors (Lipinski definition) is 14. The van der Waals surface area contributed by atoms with Crippen LogP contribution in [0.3, 0.4) is 0 Å². The number of carbonyl (C=O) groups is 11. The van der Waals surface area contributed by atoms with Crippen molar-refractivity contribution < 1.29 is 77.9 Å². The number of hydrogen-bond acceptors (Lipinski definition) is 27. The summed E-state index contributed by atoms with van der Waals surface area (Å²) in [5.74, 6) is -10.6. The highest BCUT2D eigenvalue weighted by molar-refractivity contribution is 8.77. The lowest BCUT2D eigenvalue weighted by Gasteiger charge is -2.35. The molecule has 490 valence electrons. The Balaban J connectivity index is 1.59. The van der Waals surface area contributed by atoms with Crippen molar-refractivity contribution in [3.8, 4) is 11.5 Å². The number of thiol groups is 1. The van der Waals surface area contributed by atoms with Crippen molar-refractivity contribution in [1.29, 1.82) is 0 Å². The number of methoxy groups -OCH3 is 1. The number of amides is 5. The number of esters is 1. The molecule has 6 unspecified atom stereocenters. The van der Waals surface area contributed by atoms with Crippen LogP contribution in [0.25, 0.3) is 0 Å². The Hall–Kier alpha value is -4.78. The average molecular weight is 1370 g/mol. The zero-order valence-electron chi connectivity index (χ0n) is 49.1. The van der Waals surface area contributed by atoms with Crippen LogP contribution in [0.5, 0.6) is 11.5 Å². The maximum Gasteiger partial charge on any atom is 0.323 e. The van der Waals surface area contributed by atoms with Gasteiger partial charge in [-0.15, -0.1) is 0 Å². The van der Waals surface area contributed by atoms with Gasteiger partial charge in [0.05, 0.1) is 80.4 Å². The molecule has 7 rings (SSSR count). The second-order valence-corrected chi connectivity index (χ2v) is 29.8. The smallest absolute Gasteiger partial charge is 0.323 e. The number of carboxylic acid groups (broad SMARTS) is 1. The van der Waals surface area contributed by atoms with E-state index in [1.807, 2.05) is 0 Å². The SMILES string of the molecule is COC(=O)C(Cc1ccc(O)cc1)NC1CSSCC2C(=O)[C@H](Cc3ccc(O)cc3)NC(=O)[C@H](CCC(=O)O)NC3CSSCC(N[C@@H]([C@@H](C)O)C(=O)NCC1=O)C(=O)[C@H](C)NC(=O)[C@@H]1CCCN1C(=O)[C@H](CC(N)=O)NC2CSSCC(=O)[C@H](CS)N3. The van der Waals surface area contributed by atoms with Gasteiger partial charge >= 0.3 is 11.9 Å². The molecule has 5 amide bonds. The standard InChI is InChI=1S/C56H78N10O16S7/c1-28-50(75)42-25-87-89-27-47-62-35(14-15-48(73)74)52(77)65-36(17-30-6-10-32(68)11-7-30)51(76)34(40(23-85-88-26-45(71)39(21-83)63-47)60-37(19-46(57)72)55(80)66-16-4-5-43(66)53(78)59-28)22-84-86-24-41(44(70)20-58-54(79)49(64-42)29(2)67)61-38(56(81)82-3)18-31-8-12-33(69)13-9-31/h6-13,28-29,34-43,47,49,60-64,67-69,83H,4-5,14-27H2,1-3H3,(H2,57,72)(H,58,79)(H,59,78)(H,65,77)(H,73,74)/t28-,29+,34?,35-,36-,37-,38?,39-,40?,41?,42?,43-,47?,49-/m0/s1. The van der Waals surface area contributed by atoms with Gasteiger partial charge in [0.25, 0.3) is 0 Å². The first kappa shape index (κ1) is 73.3. The molecule has 0 aromatic heterocycles. The molecule has 14 atom stereocenters. The molecular formula is C56H78N10O16S7. The molecule has 0 aliphatic carbocycles. The number of Topliss-reactive ketones (excluding diaryl/α,β-unsaturated/α-hetero) is 4. The van der Waals surface area contributed by atoms with Crippen molar-refractivity contribution in [2.45, 2.75) is 138 Å². The van der Waals surface area contributed by atoms with Crippen LogP contribution in [0.15, 0.2) is 48.5 Å². The number of carbonyl (C=O) groups excluding carboxylic acids is 10. The van der Waals surface area contributed by atoms with E-state index >= 15 is 14.4 Å². The van der Waals surface area contributed by atoms with E-state index in [1.54, 1.807) is 24.3 Å². The van der Waals surface area contributed by atoms with Crippen LogP contribution in [0.2, 0.25) is 0 Å². The first-order chi connectivity index (χ1) is 42.5. The van der Waals surface area contributed by atoms with E-state index in [-0.39, 0.29) is 89.8 Å². The third-order valence-electron chi connectivity index (χ3n) is 15.2. The minimum absolute atomic E-state index is 0.00969. The molecule has 14 N–H and O–H groups in total. The normalized spacial score (nSPS) is 29.0. The summed E-state index contributed by atoms with van der Waals surface area (Å²) in [5.41, 5.74) is 6.94. The molecule has 26 nitrogen and oxygen atoms in total. The number of aliphatic hydroxyl groups is 1. The molecule has 5 heterocycles. The number of nitrogens with one attached hydrogen (secondary N) is 8. The Labute approximate surface area is 544 Å². The second kappa shape index (κ2) is 36.5. The average Bonchev–Trinajstić information content (AvgIpc) is 4.21. The Kier molecular flexibility index (Phi) is 30.0. The summed E-state index contributed by atoms with van der Waals surface area (Å²) in [6.45, 7) is 2.06. The molecule has 2 aromatic carbocycles. The van der Waals surface area contributed by atoms with E-state index in [4.69, 9.17) is 10.5 Å². The summed E-state index contributed by atoms with van der Waals surface area (Å²) < 4.78 is 5.16. The number of aliphatic carboxylic acids is 1. The lowest BCUT2D eigenvalue weighted by atomic mass is 9.89. The van der Waals surface area contributed by atoms with Gasteiger partial charge in [0.2, 0.25) is 29.5 Å². The van der Waals surface area contributed by atoms with Gasteiger partial charge in [0, 0.05) is 59.4 Å². The van der Waals surface area contributed by atoms with Gasteiger partial charge in [-0.3, -0.25) is 74.0 Å². The molecule has 89 heavy (non-hydrogen) atoms. The number of phenols is 2. The van der Waals surface area contributed by atoms with Crippen LogP contribution in [0, 0.1) is 5.92 Å². The summed E-state index contributed by atoms with van der Waals surface area (Å²) in [6, 6.07) is -2.46. The summed E-state index contributed by atoms with van der Waals surface area (Å²) >= 11 is 4.52. The highest BCUT2D eigenvalue weighted by atomic mass is 33.1.